The van der Waals surface area contributed by atoms with Crippen LogP contribution in [-0.4, -0.2) is 47.3 Å². The number of benzene rings is 3. The van der Waals surface area contributed by atoms with Crippen molar-refractivity contribution in [3.63, 3.8) is 0 Å². The molecule has 12 heteroatoms. The molecular weight excluding hydrogens is 640 g/mol. The fourth-order valence-electron chi connectivity index (χ4n) is 5.42. The first kappa shape index (κ1) is 34.5. The Morgan fingerprint density at radius 2 is 1.56 bits per heavy atom. The van der Waals surface area contributed by atoms with E-state index in [0.717, 1.165) is 12.8 Å². The summed E-state index contributed by atoms with van der Waals surface area (Å²) in [6.07, 6.45) is 4.48. The molecule has 0 spiro atoms. The van der Waals surface area contributed by atoms with Gasteiger partial charge in [0.25, 0.3) is 5.91 Å². The van der Waals surface area contributed by atoms with Gasteiger partial charge in [-0.3, -0.25) is 24.2 Å². The van der Waals surface area contributed by atoms with Gasteiger partial charge in [-0.1, -0.05) is 18.2 Å². The molecule has 48 heavy (non-hydrogen) atoms. The molecule has 0 radical (unpaired) electrons. The summed E-state index contributed by atoms with van der Waals surface area (Å²) in [6.45, 7) is 0.851. The molecule has 5 rings (SSSR count). The highest BCUT2D eigenvalue weighted by atomic mass is 32.1. The number of hydrogen-bond donors (Lipinski definition) is 3. The number of thiol groups is 1. The highest BCUT2D eigenvalue weighted by Crippen LogP contribution is 2.49. The molecule has 0 aliphatic heterocycles. The summed E-state index contributed by atoms with van der Waals surface area (Å²) in [4.78, 5) is 54.1. The van der Waals surface area contributed by atoms with Crippen molar-refractivity contribution in [1.29, 1.82) is 0 Å². The number of fused-ring (bicyclic) bond motifs is 1. The molecule has 1 heterocycles. The number of unbranched alkanes of at least 4 members (excludes halogenated alkanes) is 2. The molecule has 0 unspecified atom stereocenters. The largest absolute Gasteiger partial charge is 0.493 e. The third-order valence-corrected chi connectivity index (χ3v) is 8.58. The summed E-state index contributed by atoms with van der Waals surface area (Å²) >= 11 is 3.92. The van der Waals surface area contributed by atoms with Crippen molar-refractivity contribution in [3.8, 4) is 17.2 Å². The number of ketones is 2. The second-order valence-corrected chi connectivity index (χ2v) is 12.0. The first-order valence-electron chi connectivity index (χ1n) is 15.6. The van der Waals surface area contributed by atoms with Crippen molar-refractivity contribution in [1.82, 2.24) is 10.3 Å². The number of pyridine rings is 1. The minimum atomic E-state index is -1.10. The van der Waals surface area contributed by atoms with Crippen LogP contribution in [0.3, 0.4) is 0 Å². The Kier molecular flexibility index (Phi) is 11.0. The van der Waals surface area contributed by atoms with Gasteiger partial charge in [-0.2, -0.15) is 12.6 Å². The Bertz CT molecular complexity index is 1850. The molecule has 9 nitrogen and oxygen atoms in total. The highest BCUT2D eigenvalue weighted by Gasteiger charge is 2.54. The fourth-order valence-corrected chi connectivity index (χ4v) is 5.54. The number of carbonyl (C=O) groups excluding carboxylic acids is 4. The maximum atomic E-state index is 15.3. The van der Waals surface area contributed by atoms with Gasteiger partial charge in [0.1, 0.15) is 17.3 Å². The standard InChI is InChI=1S/C36H35F2N3O6S/c37-24-7-4-22(5-8-24)17-32(42)36(11-12-36)33(43)18-23-6-9-30(27(38)16-23)47-29-10-14-40-28-20-31(26(35(39)45)19-25(28)29)46-15-3-1-2-13-41-34(44)21-48/h4-10,14,16,19-20,48H,1-3,11-13,15,17-18,21H2,(H2,39,45)(H,41,44). The van der Waals surface area contributed by atoms with Gasteiger partial charge in [0, 0.05) is 37.0 Å². The molecule has 0 bridgehead atoms. The lowest BCUT2D eigenvalue weighted by molar-refractivity contribution is -0.134. The number of rotatable bonds is 17. The number of Topliss-reactive ketones (excluding diaryl/α,β-unsaturated/α-hetero) is 2. The molecule has 4 aromatic rings. The molecule has 3 aromatic carbocycles. The summed E-state index contributed by atoms with van der Waals surface area (Å²) < 4.78 is 40.3. The van der Waals surface area contributed by atoms with Crippen LogP contribution in [0.15, 0.2) is 66.9 Å². The van der Waals surface area contributed by atoms with Gasteiger partial charge < -0.3 is 20.5 Å². The summed E-state index contributed by atoms with van der Waals surface area (Å²) in [6, 6.07) is 14.4. The Morgan fingerprint density at radius 1 is 0.854 bits per heavy atom. The van der Waals surface area contributed by atoms with Gasteiger partial charge in [0.2, 0.25) is 5.91 Å². The van der Waals surface area contributed by atoms with E-state index in [0.29, 0.717) is 54.4 Å². The van der Waals surface area contributed by atoms with Crippen molar-refractivity contribution in [2.45, 2.75) is 44.9 Å². The van der Waals surface area contributed by atoms with Gasteiger partial charge in [0.15, 0.2) is 23.1 Å². The topological polar surface area (TPSA) is 138 Å². The van der Waals surface area contributed by atoms with E-state index in [2.05, 4.69) is 22.9 Å². The van der Waals surface area contributed by atoms with Gasteiger partial charge in [-0.15, -0.1) is 0 Å². The summed E-state index contributed by atoms with van der Waals surface area (Å²) in [5.74, 6) is -1.96. The van der Waals surface area contributed by atoms with Gasteiger partial charge in [0.05, 0.1) is 28.9 Å². The lowest BCUT2D eigenvalue weighted by Crippen LogP contribution is -2.28. The number of halogens is 2. The van der Waals surface area contributed by atoms with Crippen LogP contribution in [0, 0.1) is 17.0 Å². The van der Waals surface area contributed by atoms with Crippen molar-refractivity contribution in [2.75, 3.05) is 18.9 Å². The zero-order chi connectivity index (χ0) is 34.3. The predicted octanol–water partition coefficient (Wildman–Crippen LogP) is 5.70. The van der Waals surface area contributed by atoms with E-state index in [-0.39, 0.29) is 58.9 Å². The van der Waals surface area contributed by atoms with Gasteiger partial charge in [-0.05, 0) is 79.6 Å². The van der Waals surface area contributed by atoms with Gasteiger partial charge in [-0.25, -0.2) is 8.78 Å². The average Bonchev–Trinajstić information content (AvgIpc) is 3.89. The molecule has 1 saturated carbocycles. The fraction of sp³-hybridized carbons (Fsp3) is 0.306. The van der Waals surface area contributed by atoms with Crippen LogP contribution in [0.2, 0.25) is 0 Å². The van der Waals surface area contributed by atoms with E-state index in [9.17, 15) is 23.6 Å². The lowest BCUT2D eigenvalue weighted by Gasteiger charge is -2.15. The number of ether oxygens (including phenoxy) is 2. The quantitative estimate of drug-likeness (QED) is 0.0742. The molecule has 250 valence electrons. The number of hydrogen-bond acceptors (Lipinski definition) is 8. The minimum absolute atomic E-state index is 0.0251. The summed E-state index contributed by atoms with van der Waals surface area (Å²) in [5, 5.41) is 3.16. The number of aromatic nitrogens is 1. The van der Waals surface area contributed by atoms with Crippen LogP contribution in [0.5, 0.6) is 17.2 Å². The number of carbonyl (C=O) groups is 4. The Labute approximate surface area is 281 Å². The third kappa shape index (κ3) is 8.35. The lowest BCUT2D eigenvalue weighted by atomic mass is 9.88. The zero-order valence-electron chi connectivity index (χ0n) is 26.1. The second kappa shape index (κ2) is 15.4. The van der Waals surface area contributed by atoms with E-state index in [1.54, 1.807) is 12.1 Å². The third-order valence-electron chi connectivity index (χ3n) is 8.29. The number of primary amides is 1. The summed E-state index contributed by atoms with van der Waals surface area (Å²) in [5.41, 5.74) is 6.12. The van der Waals surface area contributed by atoms with E-state index < -0.39 is 23.0 Å². The van der Waals surface area contributed by atoms with Crippen molar-refractivity contribution in [3.05, 3.63) is 95.2 Å². The van der Waals surface area contributed by atoms with Crippen LogP contribution in [0.25, 0.3) is 10.9 Å². The van der Waals surface area contributed by atoms with Crippen LogP contribution in [0.4, 0.5) is 8.78 Å². The summed E-state index contributed by atoms with van der Waals surface area (Å²) in [7, 11) is 0. The predicted molar refractivity (Wildman–Crippen MR) is 178 cm³/mol. The molecule has 1 aliphatic carbocycles. The average molecular weight is 676 g/mol. The van der Waals surface area contributed by atoms with Gasteiger partial charge >= 0.3 is 0 Å². The molecule has 0 saturated heterocycles. The molecule has 1 aliphatic rings. The zero-order valence-corrected chi connectivity index (χ0v) is 27.0. The van der Waals surface area contributed by atoms with E-state index >= 15 is 4.39 Å². The SMILES string of the molecule is NC(=O)c1cc2c(Oc3ccc(CC(=O)C4(C(=O)Cc5ccc(F)cc5)CC4)cc3F)ccnc2cc1OCCCCCNC(=O)CS. The highest BCUT2D eigenvalue weighted by molar-refractivity contribution is 7.81. The monoisotopic (exact) mass is 675 g/mol. The Hall–Kier alpha value is -4.84. The van der Waals surface area contributed by atoms with Crippen LogP contribution < -0.4 is 20.5 Å². The number of amides is 2. The molecular formula is C36H35F2N3O6S. The first-order valence-corrected chi connectivity index (χ1v) is 16.2. The van der Waals surface area contributed by atoms with E-state index in [1.165, 1.54) is 54.7 Å². The molecule has 2 amide bonds. The van der Waals surface area contributed by atoms with Crippen LogP contribution >= 0.6 is 12.6 Å². The molecule has 1 aromatic heterocycles. The number of nitrogens with zero attached hydrogens (tertiary/aromatic N) is 1. The van der Waals surface area contributed by atoms with E-state index in [4.69, 9.17) is 15.2 Å². The molecule has 0 atom stereocenters. The minimum Gasteiger partial charge on any atom is -0.493 e. The second-order valence-electron chi connectivity index (χ2n) is 11.7. The maximum absolute atomic E-state index is 15.3. The number of nitrogens with one attached hydrogen (secondary N) is 1. The molecule has 1 fully saturated rings. The normalized spacial score (nSPS) is 13.1. The Balaban J connectivity index is 1.23. The molecule has 3 N–H and O–H groups in total. The Morgan fingerprint density at radius 3 is 2.23 bits per heavy atom. The smallest absolute Gasteiger partial charge is 0.252 e. The first-order chi connectivity index (χ1) is 23.1. The van der Waals surface area contributed by atoms with Crippen LogP contribution in [-0.2, 0) is 27.2 Å². The van der Waals surface area contributed by atoms with Crippen molar-refractivity contribution < 1.29 is 37.4 Å². The number of nitrogens with two attached hydrogens (primary N) is 1. The van der Waals surface area contributed by atoms with E-state index in [1.807, 2.05) is 0 Å². The van der Waals surface area contributed by atoms with Crippen molar-refractivity contribution in [2.24, 2.45) is 11.1 Å². The maximum Gasteiger partial charge on any atom is 0.252 e. The van der Waals surface area contributed by atoms with Crippen LogP contribution in [0.1, 0.15) is 53.6 Å². The van der Waals surface area contributed by atoms with Crippen molar-refractivity contribution >= 4 is 46.9 Å².